The summed E-state index contributed by atoms with van der Waals surface area (Å²) in [6.07, 6.45) is -7.95. The molecule has 55 heavy (non-hydrogen) atoms. The molecule has 1 aliphatic heterocycles. The van der Waals surface area contributed by atoms with Crippen LogP contribution in [0.4, 0.5) is 0 Å². The summed E-state index contributed by atoms with van der Waals surface area (Å²) in [5.74, 6) is -5.26. The quantitative estimate of drug-likeness (QED) is 0.0396. The highest BCUT2D eigenvalue weighted by atomic mass is 31.2. The Morgan fingerprint density at radius 2 is 0.836 bits per heavy atom. The van der Waals surface area contributed by atoms with E-state index >= 15 is 0 Å². The average molecular weight is 866 g/mol. The van der Waals surface area contributed by atoms with Crippen LogP contribution >= 0.6 is 23.5 Å². The van der Waals surface area contributed by atoms with Gasteiger partial charge >= 0.3 is 59.3 Å². The van der Waals surface area contributed by atoms with Crippen molar-refractivity contribution in [3.63, 3.8) is 0 Å². The van der Waals surface area contributed by atoms with Crippen LogP contribution in [-0.2, 0) is 121 Å². The van der Waals surface area contributed by atoms with Gasteiger partial charge in [-0.15, -0.1) is 0 Å². The fourth-order valence-corrected chi connectivity index (χ4v) is 6.18. The molecule has 0 aromatic carbocycles. The van der Waals surface area contributed by atoms with Crippen molar-refractivity contribution in [3.8, 4) is 0 Å². The van der Waals surface area contributed by atoms with Gasteiger partial charge in [-0.05, 0) is 0 Å². The summed E-state index contributed by atoms with van der Waals surface area (Å²) in [7, 11) is -14.7. The first-order chi connectivity index (χ1) is 25.7. The highest BCUT2D eigenvalue weighted by Gasteiger charge is 2.50. The van der Waals surface area contributed by atoms with Crippen LogP contribution in [0, 0.1) is 0 Å². The van der Waals surface area contributed by atoms with Crippen LogP contribution in [0.15, 0.2) is 0 Å². The van der Waals surface area contributed by atoms with Crippen LogP contribution in [0.3, 0.4) is 0 Å². The Morgan fingerprint density at radius 3 is 1.18 bits per heavy atom. The van der Waals surface area contributed by atoms with Crippen molar-refractivity contribution in [2.24, 2.45) is 0 Å². The lowest BCUT2D eigenvalue weighted by atomic mass is 10.1. The third-order valence-corrected chi connectivity index (χ3v) is 9.43. The summed E-state index contributed by atoms with van der Waals surface area (Å²) in [6, 6.07) is 0. The zero-order valence-electron chi connectivity index (χ0n) is 30.1. The first-order valence-corrected chi connectivity index (χ1v) is 19.5. The van der Waals surface area contributed by atoms with E-state index in [0.717, 1.165) is 41.5 Å². The fraction of sp³-hybridized carbons (Fsp3) is 0.760. The number of ether oxygens (including phenoxy) is 8. The molecule has 30 heteroatoms. The molecule has 4 atom stereocenters. The van der Waals surface area contributed by atoms with Crippen LogP contribution < -0.4 is 0 Å². The molecule has 318 valence electrons. The number of hydrogen-bond donors (Lipinski definition) is 1. The summed E-state index contributed by atoms with van der Waals surface area (Å²) in [5, 5.41) is 11.3. The second-order valence-corrected chi connectivity index (χ2v) is 14.7. The Bertz CT molecular complexity index is 1350. The molecule has 1 fully saturated rings. The van der Waals surface area contributed by atoms with E-state index in [4.69, 9.17) is 50.2 Å². The summed E-state index contributed by atoms with van der Waals surface area (Å²) in [5.41, 5.74) is 0. The molecule has 0 unspecified atom stereocenters. The van der Waals surface area contributed by atoms with Crippen LogP contribution in [0.1, 0.15) is 41.5 Å². The fourth-order valence-electron chi connectivity index (χ4n) is 3.10. The number of esters is 6. The molecule has 0 radical (unpaired) electrons. The van der Waals surface area contributed by atoms with E-state index in [-0.39, 0.29) is 0 Å². The Morgan fingerprint density at radius 1 is 0.509 bits per heavy atom. The van der Waals surface area contributed by atoms with E-state index in [1.54, 1.807) is 0 Å². The van der Waals surface area contributed by atoms with Gasteiger partial charge in [0.1, 0.15) is 18.3 Å². The predicted octanol–water partition coefficient (Wildman–Crippen LogP) is 1.05. The zero-order chi connectivity index (χ0) is 41.7. The van der Waals surface area contributed by atoms with Crippen molar-refractivity contribution >= 4 is 59.3 Å². The van der Waals surface area contributed by atoms with Gasteiger partial charge in [-0.1, -0.05) is 0 Å². The number of hydrogen-bond acceptors (Lipinski definition) is 27. The van der Waals surface area contributed by atoms with Gasteiger partial charge in [0, 0.05) is 41.5 Å². The van der Waals surface area contributed by atoms with Crippen molar-refractivity contribution < 1.29 is 126 Å². The Balaban J connectivity index is 3.32. The minimum Gasteiger partial charge on any atom is -0.438 e. The van der Waals surface area contributed by atoms with Crippen molar-refractivity contribution in [1.29, 1.82) is 0 Å². The Hall–Kier alpha value is -2.97. The average Bonchev–Trinajstić information content (AvgIpc) is 3.04. The van der Waals surface area contributed by atoms with E-state index in [1.807, 2.05) is 0 Å². The molecule has 0 spiro atoms. The molecule has 0 aliphatic carbocycles. The molecular formula is C25H41O27P3. The number of phosphoric acid groups is 3. The van der Waals surface area contributed by atoms with Gasteiger partial charge in [0.05, 0.1) is 19.8 Å². The van der Waals surface area contributed by atoms with Gasteiger partial charge in [0.15, 0.2) is 6.29 Å². The highest BCUT2D eigenvalue weighted by Crippen LogP contribution is 2.56. The van der Waals surface area contributed by atoms with Crippen LogP contribution in [-0.4, -0.2) is 126 Å². The molecule has 0 saturated carbocycles. The highest BCUT2D eigenvalue weighted by molar-refractivity contribution is 7.49. The monoisotopic (exact) mass is 866 g/mol. The normalized spacial score (nSPS) is 18.8. The maximum Gasteiger partial charge on any atom is 0.481 e. The minimum absolute atomic E-state index is 0.628. The minimum atomic E-state index is -5.11. The lowest BCUT2D eigenvalue weighted by Crippen LogP contribution is -2.55. The third-order valence-electron chi connectivity index (χ3n) is 5.37. The maximum absolute atomic E-state index is 13.6. The number of phosphoric ester groups is 3. The second-order valence-electron chi connectivity index (χ2n) is 9.75. The van der Waals surface area contributed by atoms with E-state index in [1.165, 1.54) is 0 Å². The smallest absolute Gasteiger partial charge is 0.438 e. The molecule has 1 aliphatic rings. The van der Waals surface area contributed by atoms with Gasteiger partial charge < -0.3 is 43.0 Å². The van der Waals surface area contributed by atoms with Crippen molar-refractivity contribution in [1.82, 2.24) is 0 Å². The van der Waals surface area contributed by atoms with Gasteiger partial charge in [-0.3, -0.25) is 42.3 Å². The van der Waals surface area contributed by atoms with Crippen LogP contribution in [0.25, 0.3) is 0 Å². The molecule has 1 N–H and O–H groups in total. The standard InChI is InChI=1S/C25H41O27P3/c1-16(26)38-10-45-53(33,46-11-39-17(2)27)44-8-7-36-25-23(32)24(52-55(35,49-14-42-20(5)30)50-15-43-21(6)31)22(9-37-25)51-54(34,47-12-40-18(3)28)48-13-41-19(4)29/h22-25,32H,7-15H2,1-6H3/t22-,23-,24+,25+/m1/s1. The molecule has 0 bridgehead atoms. The van der Waals surface area contributed by atoms with E-state index in [9.17, 15) is 47.6 Å². The van der Waals surface area contributed by atoms with Crippen molar-refractivity contribution in [3.05, 3.63) is 0 Å². The Kier molecular flexibility index (Phi) is 23.0. The molecule has 0 amide bonds. The van der Waals surface area contributed by atoms with Gasteiger partial charge in [0.2, 0.25) is 40.8 Å². The Labute approximate surface area is 312 Å². The second kappa shape index (κ2) is 25.3. The molecular weight excluding hydrogens is 825 g/mol. The van der Waals surface area contributed by atoms with Crippen LogP contribution in [0.5, 0.6) is 0 Å². The number of aliphatic hydroxyl groups is 1. The van der Waals surface area contributed by atoms with Crippen molar-refractivity contribution in [2.45, 2.75) is 66.1 Å². The first kappa shape index (κ1) is 50.0. The number of carbonyl (C=O) groups is 6. The number of rotatable bonds is 27. The first-order valence-electron chi connectivity index (χ1n) is 15.1. The molecule has 0 aromatic heterocycles. The van der Waals surface area contributed by atoms with E-state index in [0.29, 0.717) is 0 Å². The van der Waals surface area contributed by atoms with Gasteiger partial charge in [-0.25, -0.2) is 40.8 Å². The zero-order valence-corrected chi connectivity index (χ0v) is 32.8. The van der Waals surface area contributed by atoms with Crippen molar-refractivity contribution in [2.75, 3.05) is 60.6 Å². The molecule has 1 saturated heterocycles. The lowest BCUT2D eigenvalue weighted by molar-refractivity contribution is -0.267. The number of aliphatic hydroxyl groups excluding tert-OH is 1. The summed E-state index contributed by atoms with van der Waals surface area (Å²) in [6.45, 7) is -2.27. The van der Waals surface area contributed by atoms with E-state index in [2.05, 4.69) is 28.4 Å². The maximum atomic E-state index is 13.6. The topological polar surface area (TPSA) is 331 Å². The van der Waals surface area contributed by atoms with Gasteiger partial charge in [0.25, 0.3) is 0 Å². The van der Waals surface area contributed by atoms with Gasteiger partial charge in [-0.2, -0.15) is 0 Å². The molecule has 1 rings (SSSR count). The lowest BCUT2D eigenvalue weighted by Gasteiger charge is -2.40. The summed E-state index contributed by atoms with van der Waals surface area (Å²) < 4.78 is 124. The number of carbonyl (C=O) groups excluding carboxylic acids is 6. The SMILES string of the molecule is CC(=O)OCOP(=O)(OCCO[C@H]1OC[C@@H](OP(=O)(OCOC(C)=O)OCOC(C)=O)[C@H](OP(=O)(OCOC(C)=O)OCOC(C)=O)[C@H]1O)OCOC(C)=O. The van der Waals surface area contributed by atoms with E-state index < -0.39 is 144 Å². The molecule has 0 aromatic rings. The third kappa shape index (κ3) is 22.4. The summed E-state index contributed by atoms with van der Waals surface area (Å²) >= 11 is 0. The largest absolute Gasteiger partial charge is 0.481 e. The molecule has 1 heterocycles. The summed E-state index contributed by atoms with van der Waals surface area (Å²) in [4.78, 5) is 67.2. The molecule has 27 nitrogen and oxygen atoms in total. The predicted molar refractivity (Wildman–Crippen MR) is 167 cm³/mol. The van der Waals surface area contributed by atoms with Crippen LogP contribution in [0.2, 0.25) is 0 Å².